The standard InChI is InChI=1S/C24H30O15/c1-6-14-15(7-18(29)30)16(22(31)32)8-34-23(14)39-24-21(37-13(5)28)20(36-12(4)27)19(35-11(3)26)17(38-24)9-33-10(2)25/h6,8,15,17,19-21,23-24H,7,9H2,1-5H3,(H,29,30)(H,31,32)/b14-6+/t15-,17+,19+,20-,21+,23-,24-/m0/s1. The number of carbonyl (C=O) groups is 6. The Balaban J connectivity index is 2.53. The van der Waals surface area contributed by atoms with E-state index >= 15 is 0 Å². The smallest absolute Gasteiger partial charge is 0.335 e. The molecular formula is C24H30O15. The van der Waals surface area contributed by atoms with Gasteiger partial charge in [-0.2, -0.15) is 0 Å². The number of carboxylic acids is 2. The number of esters is 4. The Bertz CT molecular complexity index is 1040. The molecule has 0 aliphatic carbocycles. The Labute approximate surface area is 222 Å². The van der Waals surface area contributed by atoms with Crippen LogP contribution in [-0.2, 0) is 61.9 Å². The molecule has 2 heterocycles. The third kappa shape index (κ3) is 8.51. The molecule has 1 saturated heterocycles. The maximum absolute atomic E-state index is 12.0. The summed E-state index contributed by atoms with van der Waals surface area (Å²) in [5.41, 5.74) is -0.239. The van der Waals surface area contributed by atoms with Gasteiger partial charge in [0.1, 0.15) is 12.7 Å². The van der Waals surface area contributed by atoms with E-state index in [2.05, 4.69) is 0 Å². The summed E-state index contributed by atoms with van der Waals surface area (Å²) >= 11 is 0. The van der Waals surface area contributed by atoms with Crippen molar-refractivity contribution in [2.45, 2.75) is 78.0 Å². The highest BCUT2D eigenvalue weighted by Crippen LogP contribution is 2.37. The van der Waals surface area contributed by atoms with Gasteiger partial charge in [0, 0.05) is 39.2 Å². The van der Waals surface area contributed by atoms with Crippen molar-refractivity contribution in [3.05, 3.63) is 23.5 Å². The second-order valence-corrected chi connectivity index (χ2v) is 8.49. The predicted molar refractivity (Wildman–Crippen MR) is 123 cm³/mol. The van der Waals surface area contributed by atoms with Crippen LogP contribution >= 0.6 is 0 Å². The molecule has 15 nitrogen and oxygen atoms in total. The molecule has 2 aliphatic rings. The van der Waals surface area contributed by atoms with Gasteiger partial charge in [0.15, 0.2) is 18.3 Å². The van der Waals surface area contributed by atoms with Crippen molar-refractivity contribution >= 4 is 35.8 Å². The van der Waals surface area contributed by atoms with Crippen molar-refractivity contribution in [3.8, 4) is 0 Å². The van der Waals surface area contributed by atoms with E-state index in [4.69, 9.17) is 33.2 Å². The lowest BCUT2D eigenvalue weighted by Gasteiger charge is -2.45. The first-order valence-electron chi connectivity index (χ1n) is 11.7. The lowest BCUT2D eigenvalue weighted by molar-refractivity contribution is -0.331. The average molecular weight is 558 g/mol. The average Bonchev–Trinajstić information content (AvgIpc) is 2.80. The second kappa shape index (κ2) is 13.7. The quantitative estimate of drug-likeness (QED) is 0.212. The van der Waals surface area contributed by atoms with Crippen LogP contribution in [0.2, 0.25) is 0 Å². The fraction of sp³-hybridized carbons (Fsp3) is 0.583. The van der Waals surface area contributed by atoms with Crippen LogP contribution in [0.4, 0.5) is 0 Å². The van der Waals surface area contributed by atoms with E-state index in [1.165, 1.54) is 13.0 Å². The van der Waals surface area contributed by atoms with Crippen molar-refractivity contribution in [2.24, 2.45) is 5.92 Å². The highest BCUT2D eigenvalue weighted by Gasteiger charge is 2.54. The van der Waals surface area contributed by atoms with Gasteiger partial charge in [0.25, 0.3) is 0 Å². The topological polar surface area (TPSA) is 207 Å². The SMILES string of the molecule is C/C=C1/[C@H](O[C@@H]2O[C@H](COC(C)=O)[C@@H](OC(C)=O)[C@H](OC(C)=O)[C@H]2OC(C)=O)OC=C(C(=O)O)[C@H]1CC(=O)O. The van der Waals surface area contributed by atoms with Gasteiger partial charge in [-0.3, -0.25) is 24.0 Å². The predicted octanol–water partition coefficient (Wildman–Crippen LogP) is 0.448. The summed E-state index contributed by atoms with van der Waals surface area (Å²) in [5, 5.41) is 18.9. The van der Waals surface area contributed by atoms with Gasteiger partial charge in [-0.15, -0.1) is 0 Å². The van der Waals surface area contributed by atoms with E-state index < -0.39 is 91.8 Å². The summed E-state index contributed by atoms with van der Waals surface area (Å²) in [4.78, 5) is 70.4. The van der Waals surface area contributed by atoms with Crippen LogP contribution < -0.4 is 0 Å². The van der Waals surface area contributed by atoms with Gasteiger partial charge < -0.3 is 43.4 Å². The molecule has 0 unspecified atom stereocenters. The van der Waals surface area contributed by atoms with E-state index in [-0.39, 0.29) is 11.1 Å². The van der Waals surface area contributed by atoms with Crippen LogP contribution in [0.3, 0.4) is 0 Å². The molecule has 2 aliphatic heterocycles. The highest BCUT2D eigenvalue weighted by molar-refractivity contribution is 5.89. The lowest BCUT2D eigenvalue weighted by atomic mass is 9.86. The summed E-state index contributed by atoms with van der Waals surface area (Å²) in [7, 11) is 0. The Kier molecular flexibility index (Phi) is 11.0. The van der Waals surface area contributed by atoms with Gasteiger partial charge >= 0.3 is 35.8 Å². The van der Waals surface area contributed by atoms with Gasteiger partial charge in [0.2, 0.25) is 12.6 Å². The minimum absolute atomic E-state index is 0.102. The van der Waals surface area contributed by atoms with Gasteiger partial charge in [-0.25, -0.2) is 4.79 Å². The number of carbonyl (C=O) groups excluding carboxylic acids is 4. The number of allylic oxidation sites excluding steroid dienone is 1. The molecule has 0 spiro atoms. The Morgan fingerprint density at radius 3 is 1.92 bits per heavy atom. The highest BCUT2D eigenvalue weighted by atomic mass is 16.8. The zero-order valence-corrected chi connectivity index (χ0v) is 21.8. The zero-order chi connectivity index (χ0) is 29.4. The Hall–Kier alpha value is -3.98. The molecule has 1 fully saturated rings. The van der Waals surface area contributed by atoms with Crippen molar-refractivity contribution in [1.29, 1.82) is 0 Å². The van der Waals surface area contributed by atoms with Crippen LogP contribution in [0.1, 0.15) is 41.0 Å². The van der Waals surface area contributed by atoms with Crippen LogP contribution in [0, 0.1) is 5.92 Å². The van der Waals surface area contributed by atoms with Crippen molar-refractivity contribution in [3.63, 3.8) is 0 Å². The lowest BCUT2D eigenvalue weighted by Crippen LogP contribution is -2.63. The molecule has 2 rings (SSSR count). The molecule has 2 N–H and O–H groups in total. The minimum atomic E-state index is -1.63. The Morgan fingerprint density at radius 1 is 0.872 bits per heavy atom. The number of hydrogen-bond acceptors (Lipinski definition) is 13. The van der Waals surface area contributed by atoms with E-state index in [9.17, 15) is 39.0 Å². The van der Waals surface area contributed by atoms with Crippen LogP contribution in [0.5, 0.6) is 0 Å². The molecule has 7 atom stereocenters. The van der Waals surface area contributed by atoms with E-state index in [1.54, 1.807) is 0 Å². The van der Waals surface area contributed by atoms with Gasteiger partial charge in [-0.1, -0.05) is 6.08 Å². The molecule has 39 heavy (non-hydrogen) atoms. The van der Waals surface area contributed by atoms with Crippen molar-refractivity contribution < 1.29 is 72.1 Å². The number of rotatable bonds is 10. The third-order valence-electron chi connectivity index (χ3n) is 5.53. The number of carboxylic acid groups (broad SMARTS) is 2. The fourth-order valence-corrected chi connectivity index (χ4v) is 4.11. The van der Waals surface area contributed by atoms with Gasteiger partial charge in [-0.05, 0) is 6.92 Å². The second-order valence-electron chi connectivity index (χ2n) is 8.49. The first-order chi connectivity index (χ1) is 18.2. The monoisotopic (exact) mass is 558 g/mol. The molecule has 216 valence electrons. The van der Waals surface area contributed by atoms with E-state index in [0.29, 0.717) is 0 Å². The minimum Gasteiger partial charge on any atom is -0.481 e. The van der Waals surface area contributed by atoms with Crippen molar-refractivity contribution in [2.75, 3.05) is 6.61 Å². The summed E-state index contributed by atoms with van der Waals surface area (Å²) in [5.74, 6) is -7.09. The maximum atomic E-state index is 12.0. The normalized spacial score (nSPS) is 29.3. The summed E-state index contributed by atoms with van der Waals surface area (Å²) in [6, 6.07) is 0. The van der Waals surface area contributed by atoms with E-state index in [0.717, 1.165) is 34.0 Å². The van der Waals surface area contributed by atoms with Crippen LogP contribution in [0.25, 0.3) is 0 Å². The third-order valence-corrected chi connectivity index (χ3v) is 5.53. The summed E-state index contributed by atoms with van der Waals surface area (Å²) in [6.45, 7) is 5.30. The molecule has 15 heteroatoms. The molecule has 0 amide bonds. The molecule has 0 aromatic carbocycles. The van der Waals surface area contributed by atoms with Crippen LogP contribution in [-0.4, -0.2) is 89.6 Å². The zero-order valence-electron chi connectivity index (χ0n) is 21.8. The Morgan fingerprint density at radius 2 is 1.44 bits per heavy atom. The first-order valence-corrected chi connectivity index (χ1v) is 11.7. The van der Waals surface area contributed by atoms with Crippen molar-refractivity contribution in [1.82, 2.24) is 0 Å². The van der Waals surface area contributed by atoms with E-state index in [1.807, 2.05) is 0 Å². The summed E-state index contributed by atoms with van der Waals surface area (Å²) in [6.07, 6.45) is -7.23. The number of aliphatic carboxylic acids is 2. The maximum Gasteiger partial charge on any atom is 0.335 e. The summed E-state index contributed by atoms with van der Waals surface area (Å²) < 4.78 is 38.1. The molecule has 0 saturated carbocycles. The molecular weight excluding hydrogens is 528 g/mol. The number of ether oxygens (including phenoxy) is 7. The fourth-order valence-electron chi connectivity index (χ4n) is 4.11. The molecule has 0 radical (unpaired) electrons. The first kappa shape index (κ1) is 31.2. The molecule has 0 bridgehead atoms. The largest absolute Gasteiger partial charge is 0.481 e. The number of hydrogen-bond donors (Lipinski definition) is 2. The van der Waals surface area contributed by atoms with Crippen LogP contribution in [0.15, 0.2) is 23.5 Å². The van der Waals surface area contributed by atoms with Gasteiger partial charge in [0.05, 0.1) is 18.3 Å². The molecule has 0 aromatic rings. The molecule has 0 aromatic heterocycles.